The third kappa shape index (κ3) is 9.09. The number of carbonyl (C=O) groups is 2. The predicted molar refractivity (Wildman–Crippen MR) is 119 cm³/mol. The molecule has 1 unspecified atom stereocenters. The number of rotatable bonds is 10. The Morgan fingerprint density at radius 3 is 2.39 bits per heavy atom. The summed E-state index contributed by atoms with van der Waals surface area (Å²) < 4.78 is 16.3. The van der Waals surface area contributed by atoms with Gasteiger partial charge in [-0.05, 0) is 63.1 Å². The second-order valence-corrected chi connectivity index (χ2v) is 8.06. The third-order valence-electron chi connectivity index (χ3n) is 4.22. The number of ether oxygens (including phenoxy) is 3. The minimum Gasteiger partial charge on any atom is -0.493 e. The van der Waals surface area contributed by atoms with Gasteiger partial charge in [0.05, 0.1) is 6.61 Å². The Morgan fingerprint density at radius 2 is 1.77 bits per heavy atom. The van der Waals surface area contributed by atoms with Crippen LogP contribution in [0.2, 0.25) is 0 Å². The number of carboxylic acids is 1. The van der Waals surface area contributed by atoms with Crippen LogP contribution in [0, 0.1) is 0 Å². The van der Waals surface area contributed by atoms with Gasteiger partial charge in [0.2, 0.25) is 0 Å². The maximum absolute atomic E-state index is 11.8. The lowest BCUT2D eigenvalue weighted by Crippen LogP contribution is -2.27. The van der Waals surface area contributed by atoms with Gasteiger partial charge in [0, 0.05) is 25.1 Å². The fraction of sp³-hybridized carbons (Fsp3) is 0.417. The molecule has 2 aromatic carbocycles. The van der Waals surface area contributed by atoms with E-state index in [-0.39, 0.29) is 6.42 Å². The number of benzene rings is 2. The van der Waals surface area contributed by atoms with E-state index in [0.717, 1.165) is 11.1 Å². The Bertz CT molecular complexity index is 857. The molecule has 0 bridgehead atoms. The van der Waals surface area contributed by atoms with E-state index in [1.165, 1.54) is 0 Å². The summed E-state index contributed by atoms with van der Waals surface area (Å²) in [5.41, 5.74) is 2.02. The van der Waals surface area contributed by atoms with Gasteiger partial charge in [0.15, 0.2) is 6.10 Å². The topological polar surface area (TPSA) is 94.1 Å². The Morgan fingerprint density at radius 1 is 1.06 bits per heavy atom. The maximum Gasteiger partial charge on any atom is 0.412 e. The molecule has 0 fully saturated rings. The van der Waals surface area contributed by atoms with E-state index in [9.17, 15) is 14.7 Å². The first-order valence-corrected chi connectivity index (χ1v) is 10.3. The summed E-state index contributed by atoms with van der Waals surface area (Å²) in [6.07, 6.45) is -0.383. The van der Waals surface area contributed by atoms with Gasteiger partial charge in [0.25, 0.3) is 0 Å². The second kappa shape index (κ2) is 11.4. The van der Waals surface area contributed by atoms with Crippen molar-refractivity contribution in [2.24, 2.45) is 0 Å². The molecule has 0 aliphatic heterocycles. The molecule has 31 heavy (non-hydrogen) atoms. The van der Waals surface area contributed by atoms with Crippen molar-refractivity contribution in [3.8, 4) is 5.75 Å². The van der Waals surface area contributed by atoms with Gasteiger partial charge in [-0.15, -0.1) is 0 Å². The normalized spacial score (nSPS) is 12.1. The average Bonchev–Trinajstić information content (AvgIpc) is 2.68. The molecule has 2 aromatic rings. The summed E-state index contributed by atoms with van der Waals surface area (Å²) in [5, 5.41) is 11.9. The fourth-order valence-electron chi connectivity index (χ4n) is 2.86. The monoisotopic (exact) mass is 429 g/mol. The Balaban J connectivity index is 1.84. The van der Waals surface area contributed by atoms with Gasteiger partial charge in [-0.3, -0.25) is 5.32 Å². The highest BCUT2D eigenvalue weighted by Crippen LogP contribution is 2.17. The van der Waals surface area contributed by atoms with E-state index < -0.39 is 23.8 Å². The van der Waals surface area contributed by atoms with E-state index in [0.29, 0.717) is 31.1 Å². The average molecular weight is 430 g/mol. The molecule has 0 aliphatic rings. The molecule has 2 rings (SSSR count). The highest BCUT2D eigenvalue weighted by molar-refractivity contribution is 5.84. The van der Waals surface area contributed by atoms with E-state index in [1.54, 1.807) is 6.92 Å². The van der Waals surface area contributed by atoms with Gasteiger partial charge >= 0.3 is 12.1 Å². The zero-order valence-electron chi connectivity index (χ0n) is 18.5. The lowest BCUT2D eigenvalue weighted by molar-refractivity contribution is -0.149. The number of hydrogen-bond donors (Lipinski definition) is 2. The van der Waals surface area contributed by atoms with Crippen LogP contribution in [0.4, 0.5) is 10.5 Å². The molecule has 7 nitrogen and oxygen atoms in total. The smallest absolute Gasteiger partial charge is 0.412 e. The summed E-state index contributed by atoms with van der Waals surface area (Å²) >= 11 is 0. The first-order chi connectivity index (χ1) is 14.7. The van der Waals surface area contributed by atoms with E-state index in [4.69, 9.17) is 14.2 Å². The van der Waals surface area contributed by atoms with Crippen LogP contribution in [0.5, 0.6) is 5.75 Å². The van der Waals surface area contributed by atoms with Gasteiger partial charge in [-0.1, -0.05) is 24.3 Å². The van der Waals surface area contributed by atoms with Gasteiger partial charge in [0.1, 0.15) is 11.4 Å². The summed E-state index contributed by atoms with van der Waals surface area (Å²) in [4.78, 5) is 23.1. The van der Waals surface area contributed by atoms with Crippen LogP contribution in [0.3, 0.4) is 0 Å². The number of carboxylic acid groups (broad SMARTS) is 1. The molecule has 0 saturated heterocycles. The molecule has 0 aliphatic carbocycles. The Labute approximate surface area is 183 Å². The van der Waals surface area contributed by atoms with E-state index in [2.05, 4.69) is 5.32 Å². The van der Waals surface area contributed by atoms with Crippen molar-refractivity contribution in [2.75, 3.05) is 18.5 Å². The lowest BCUT2D eigenvalue weighted by Gasteiger charge is -2.19. The van der Waals surface area contributed by atoms with Crippen LogP contribution in [-0.2, 0) is 27.1 Å². The summed E-state index contributed by atoms with van der Waals surface area (Å²) in [5.74, 6) is -0.292. The highest BCUT2D eigenvalue weighted by atomic mass is 16.6. The summed E-state index contributed by atoms with van der Waals surface area (Å²) in [6, 6.07) is 14.9. The molecule has 168 valence electrons. The number of nitrogens with one attached hydrogen (secondary N) is 1. The van der Waals surface area contributed by atoms with Gasteiger partial charge in [-0.2, -0.15) is 0 Å². The summed E-state index contributed by atoms with van der Waals surface area (Å²) in [7, 11) is 0. The van der Waals surface area contributed by atoms with Crippen molar-refractivity contribution in [1.82, 2.24) is 0 Å². The van der Waals surface area contributed by atoms with Crippen molar-refractivity contribution in [2.45, 2.75) is 52.2 Å². The molecule has 0 heterocycles. The molecular weight excluding hydrogens is 398 g/mol. The maximum atomic E-state index is 11.8. The number of anilines is 1. The first kappa shape index (κ1) is 24.2. The molecular formula is C24H31NO6. The van der Waals surface area contributed by atoms with Gasteiger partial charge in [-0.25, -0.2) is 9.59 Å². The molecule has 7 heteroatoms. The number of hydrogen-bond acceptors (Lipinski definition) is 5. The third-order valence-corrected chi connectivity index (χ3v) is 4.22. The molecule has 0 aromatic heterocycles. The van der Waals surface area contributed by atoms with Crippen LogP contribution in [-0.4, -0.2) is 42.1 Å². The standard InChI is InChI=1S/C24H31NO6/c1-5-29-21(22(26)27)16-18-7-6-8-20(15-18)30-14-13-17-9-11-19(12-10-17)25-23(28)31-24(2,3)4/h6-12,15,21H,5,13-14,16H2,1-4H3,(H,25,28)(H,26,27). The van der Waals surface area contributed by atoms with Crippen molar-refractivity contribution in [3.05, 3.63) is 59.7 Å². The predicted octanol–water partition coefficient (Wildman–Crippen LogP) is 4.69. The van der Waals surface area contributed by atoms with Crippen LogP contribution >= 0.6 is 0 Å². The van der Waals surface area contributed by atoms with Crippen molar-refractivity contribution in [1.29, 1.82) is 0 Å². The number of aliphatic carboxylic acids is 1. The summed E-state index contributed by atoms with van der Waals surface area (Å²) in [6.45, 7) is 8.03. The fourth-order valence-corrected chi connectivity index (χ4v) is 2.86. The SMILES string of the molecule is CCOC(Cc1cccc(OCCc2ccc(NC(=O)OC(C)(C)C)cc2)c1)C(=O)O. The van der Waals surface area contributed by atoms with Crippen molar-refractivity contribution >= 4 is 17.7 Å². The van der Waals surface area contributed by atoms with Crippen molar-refractivity contribution < 1.29 is 28.9 Å². The quantitative estimate of drug-likeness (QED) is 0.569. The molecule has 1 atom stereocenters. The van der Waals surface area contributed by atoms with Crippen LogP contribution in [0.15, 0.2) is 48.5 Å². The minimum atomic E-state index is -0.974. The Kier molecular flexibility index (Phi) is 8.88. The second-order valence-electron chi connectivity index (χ2n) is 8.06. The molecule has 0 radical (unpaired) electrons. The molecule has 0 spiro atoms. The molecule has 0 saturated carbocycles. The molecule has 1 amide bonds. The zero-order valence-corrected chi connectivity index (χ0v) is 18.5. The molecule has 2 N–H and O–H groups in total. The van der Waals surface area contributed by atoms with Crippen LogP contribution < -0.4 is 10.1 Å². The number of amides is 1. The first-order valence-electron chi connectivity index (χ1n) is 10.3. The van der Waals surface area contributed by atoms with E-state index in [1.807, 2.05) is 69.3 Å². The van der Waals surface area contributed by atoms with E-state index >= 15 is 0 Å². The van der Waals surface area contributed by atoms with Crippen LogP contribution in [0.1, 0.15) is 38.8 Å². The van der Waals surface area contributed by atoms with Crippen molar-refractivity contribution in [3.63, 3.8) is 0 Å². The highest BCUT2D eigenvalue weighted by Gasteiger charge is 2.18. The number of carbonyl (C=O) groups excluding carboxylic acids is 1. The Hall–Kier alpha value is -3.06. The van der Waals surface area contributed by atoms with Crippen LogP contribution in [0.25, 0.3) is 0 Å². The van der Waals surface area contributed by atoms with Gasteiger partial charge < -0.3 is 19.3 Å². The zero-order chi connectivity index (χ0) is 22.9. The minimum absolute atomic E-state index is 0.284. The largest absolute Gasteiger partial charge is 0.493 e. The lowest BCUT2D eigenvalue weighted by atomic mass is 10.1.